The molecule has 0 saturated carbocycles. The van der Waals surface area contributed by atoms with E-state index < -0.39 is 0 Å². The van der Waals surface area contributed by atoms with Gasteiger partial charge in [0.25, 0.3) is 0 Å². The van der Waals surface area contributed by atoms with Crippen LogP contribution in [-0.2, 0) is 5.75 Å². The number of aryl methyl sites for hydroxylation is 1. The molecule has 3 heterocycles. The van der Waals surface area contributed by atoms with Crippen LogP contribution in [0, 0.1) is 18.3 Å². The number of benzene rings is 1. The van der Waals surface area contributed by atoms with Crippen LogP contribution in [-0.4, -0.2) is 15.2 Å². The van der Waals surface area contributed by atoms with Crippen molar-refractivity contribution < 1.29 is 4.74 Å². The van der Waals surface area contributed by atoms with Gasteiger partial charge in [0.2, 0.25) is 11.8 Å². The predicted octanol–water partition coefficient (Wildman–Crippen LogP) is 3.62. The Bertz CT molecular complexity index is 1030. The molecule has 0 bridgehead atoms. The number of nitriles is 1. The van der Waals surface area contributed by atoms with Gasteiger partial charge in [0, 0.05) is 23.0 Å². The Morgan fingerprint density at radius 2 is 2.11 bits per heavy atom. The molecule has 1 aliphatic rings. The van der Waals surface area contributed by atoms with E-state index in [1.165, 1.54) is 5.56 Å². The van der Waals surface area contributed by atoms with E-state index in [9.17, 15) is 5.26 Å². The number of ether oxygens (including phenoxy) is 1. The topological polar surface area (TPSA) is 101 Å². The van der Waals surface area contributed by atoms with Gasteiger partial charge in [-0.2, -0.15) is 5.26 Å². The van der Waals surface area contributed by atoms with Crippen LogP contribution in [0.1, 0.15) is 28.3 Å². The molecule has 2 aromatic heterocycles. The van der Waals surface area contributed by atoms with Gasteiger partial charge in [0.15, 0.2) is 0 Å². The molecule has 1 atom stereocenters. The molecule has 27 heavy (non-hydrogen) atoms. The number of aromatic amines is 1. The van der Waals surface area contributed by atoms with E-state index in [4.69, 9.17) is 10.5 Å². The number of aromatic nitrogens is 3. The van der Waals surface area contributed by atoms with E-state index in [1.54, 1.807) is 24.2 Å². The molecule has 1 aliphatic heterocycles. The normalized spacial score (nSPS) is 15.8. The maximum atomic E-state index is 9.66. The number of H-pyrrole nitrogens is 1. The lowest BCUT2D eigenvalue weighted by Gasteiger charge is -2.23. The number of nitrogens with two attached hydrogens (primary N) is 1. The lowest BCUT2D eigenvalue weighted by Crippen LogP contribution is -2.21. The maximum Gasteiger partial charge on any atom is 0.244 e. The van der Waals surface area contributed by atoms with E-state index in [0.717, 1.165) is 21.7 Å². The van der Waals surface area contributed by atoms with E-state index in [0.29, 0.717) is 17.2 Å². The highest BCUT2D eigenvalue weighted by Crippen LogP contribution is 2.43. The van der Waals surface area contributed by atoms with Crippen LogP contribution in [0.15, 0.2) is 65.1 Å². The molecule has 0 radical (unpaired) electrons. The fourth-order valence-corrected chi connectivity index (χ4v) is 3.95. The number of hydrogen-bond acceptors (Lipinski definition) is 6. The van der Waals surface area contributed by atoms with Crippen LogP contribution in [0.25, 0.3) is 0 Å². The predicted molar refractivity (Wildman–Crippen MR) is 103 cm³/mol. The number of pyridine rings is 1. The number of nitrogens with zero attached hydrogens (tertiary/aromatic N) is 3. The van der Waals surface area contributed by atoms with Crippen LogP contribution in [0.5, 0.6) is 5.88 Å². The number of allylic oxidation sites excluding steroid dienone is 1. The van der Waals surface area contributed by atoms with Crippen molar-refractivity contribution in [1.82, 2.24) is 15.2 Å². The Kier molecular flexibility index (Phi) is 4.57. The molecule has 3 N–H and O–H groups in total. The second-order valence-corrected chi connectivity index (χ2v) is 7.28. The molecular weight excluding hydrogens is 358 g/mol. The van der Waals surface area contributed by atoms with Gasteiger partial charge in [0.05, 0.1) is 17.2 Å². The van der Waals surface area contributed by atoms with Crippen molar-refractivity contribution in [3.05, 3.63) is 82.6 Å². The van der Waals surface area contributed by atoms with Crippen LogP contribution in [0.3, 0.4) is 0 Å². The lowest BCUT2D eigenvalue weighted by molar-refractivity contribution is 0.378. The molecule has 0 unspecified atom stereocenters. The molecular formula is C20H17N5OS. The molecule has 3 aromatic rings. The molecule has 1 aromatic carbocycles. The fourth-order valence-electron chi connectivity index (χ4n) is 3.09. The standard InChI is InChI=1S/C20H17N5OS/c1-12-4-6-14(7-5-12)27-11-16-18-17(13-3-2-8-23-10-13)15(9-21)19(22)26-20(18)25-24-16/h2-8,10,17H,11,22H2,1H3,(H,24,25)/t17-/m1/s1. The fraction of sp³-hybridized carbons (Fsp3) is 0.150. The Balaban J connectivity index is 1.71. The molecule has 0 aliphatic carbocycles. The minimum Gasteiger partial charge on any atom is -0.420 e. The van der Waals surface area contributed by atoms with Gasteiger partial charge in [-0.25, -0.2) is 0 Å². The summed E-state index contributed by atoms with van der Waals surface area (Å²) in [6.07, 6.45) is 3.45. The van der Waals surface area contributed by atoms with E-state index in [1.807, 2.05) is 12.1 Å². The molecule has 134 valence electrons. The first-order chi connectivity index (χ1) is 13.2. The van der Waals surface area contributed by atoms with Crippen molar-refractivity contribution in [2.45, 2.75) is 23.5 Å². The third-order valence-electron chi connectivity index (χ3n) is 4.44. The monoisotopic (exact) mass is 375 g/mol. The highest BCUT2D eigenvalue weighted by atomic mass is 32.2. The van der Waals surface area contributed by atoms with Crippen molar-refractivity contribution in [3.8, 4) is 11.9 Å². The second-order valence-electron chi connectivity index (χ2n) is 6.23. The average molecular weight is 375 g/mol. The summed E-state index contributed by atoms with van der Waals surface area (Å²) >= 11 is 1.69. The summed E-state index contributed by atoms with van der Waals surface area (Å²) in [7, 11) is 0. The first-order valence-electron chi connectivity index (χ1n) is 8.41. The summed E-state index contributed by atoms with van der Waals surface area (Å²) in [6, 6.07) is 14.3. The van der Waals surface area contributed by atoms with Gasteiger partial charge in [0.1, 0.15) is 11.6 Å². The number of thioether (sulfide) groups is 1. The van der Waals surface area contributed by atoms with Crippen molar-refractivity contribution >= 4 is 11.8 Å². The van der Waals surface area contributed by atoms with Crippen molar-refractivity contribution in [2.24, 2.45) is 5.73 Å². The Labute approximate surface area is 161 Å². The molecule has 4 rings (SSSR count). The molecule has 6 nitrogen and oxygen atoms in total. The highest BCUT2D eigenvalue weighted by molar-refractivity contribution is 7.98. The smallest absolute Gasteiger partial charge is 0.244 e. The Morgan fingerprint density at radius 3 is 2.81 bits per heavy atom. The number of rotatable bonds is 4. The summed E-state index contributed by atoms with van der Waals surface area (Å²) in [5, 5.41) is 17.0. The number of nitrogens with one attached hydrogen (secondary N) is 1. The summed E-state index contributed by atoms with van der Waals surface area (Å²) in [5.41, 5.74) is 10.2. The number of hydrogen-bond donors (Lipinski definition) is 2. The van der Waals surface area contributed by atoms with E-state index in [2.05, 4.69) is 52.4 Å². The highest BCUT2D eigenvalue weighted by Gasteiger charge is 2.35. The van der Waals surface area contributed by atoms with Crippen LogP contribution < -0.4 is 10.5 Å². The van der Waals surface area contributed by atoms with E-state index >= 15 is 0 Å². The SMILES string of the molecule is Cc1ccc(SCc2[nH]nc3c2[C@H](c2cccnc2)C(C#N)=C(N)O3)cc1. The van der Waals surface area contributed by atoms with Crippen molar-refractivity contribution in [1.29, 1.82) is 5.26 Å². The van der Waals surface area contributed by atoms with Gasteiger partial charge in [-0.3, -0.25) is 10.1 Å². The zero-order valence-electron chi connectivity index (χ0n) is 14.6. The van der Waals surface area contributed by atoms with Crippen LogP contribution in [0.2, 0.25) is 0 Å². The Hall–Kier alpha value is -3.24. The van der Waals surface area contributed by atoms with Gasteiger partial charge >= 0.3 is 0 Å². The minimum absolute atomic E-state index is 0.0862. The van der Waals surface area contributed by atoms with Crippen molar-refractivity contribution in [3.63, 3.8) is 0 Å². The second kappa shape index (κ2) is 7.17. The van der Waals surface area contributed by atoms with Gasteiger partial charge < -0.3 is 10.5 Å². The van der Waals surface area contributed by atoms with Gasteiger partial charge in [-0.05, 0) is 30.7 Å². The van der Waals surface area contributed by atoms with E-state index in [-0.39, 0.29) is 11.8 Å². The summed E-state index contributed by atoms with van der Waals surface area (Å²) in [4.78, 5) is 5.35. The van der Waals surface area contributed by atoms with Gasteiger partial charge in [-0.1, -0.05) is 23.8 Å². The third kappa shape index (κ3) is 3.27. The van der Waals surface area contributed by atoms with Crippen molar-refractivity contribution in [2.75, 3.05) is 0 Å². The Morgan fingerprint density at radius 1 is 1.30 bits per heavy atom. The number of fused-ring (bicyclic) bond motifs is 1. The molecule has 7 heteroatoms. The minimum atomic E-state index is -0.347. The third-order valence-corrected chi connectivity index (χ3v) is 5.48. The first-order valence-corrected chi connectivity index (χ1v) is 9.40. The summed E-state index contributed by atoms with van der Waals surface area (Å²) in [6.45, 7) is 2.07. The van der Waals surface area contributed by atoms with Gasteiger partial charge in [-0.15, -0.1) is 16.9 Å². The zero-order valence-corrected chi connectivity index (χ0v) is 15.5. The quantitative estimate of drug-likeness (QED) is 0.676. The molecule has 0 spiro atoms. The summed E-state index contributed by atoms with van der Waals surface area (Å²) < 4.78 is 5.60. The van der Waals surface area contributed by atoms with Crippen LogP contribution >= 0.6 is 11.8 Å². The lowest BCUT2D eigenvalue weighted by atomic mass is 9.85. The molecule has 0 amide bonds. The summed E-state index contributed by atoms with van der Waals surface area (Å²) in [5.74, 6) is 0.826. The first kappa shape index (κ1) is 17.2. The largest absolute Gasteiger partial charge is 0.420 e. The molecule has 0 saturated heterocycles. The maximum absolute atomic E-state index is 9.66. The van der Waals surface area contributed by atoms with Crippen LogP contribution in [0.4, 0.5) is 0 Å². The molecule has 0 fully saturated rings. The average Bonchev–Trinajstić information content (AvgIpc) is 3.09. The zero-order chi connectivity index (χ0) is 18.8.